The summed E-state index contributed by atoms with van der Waals surface area (Å²) in [6.45, 7) is 3.08. The van der Waals surface area contributed by atoms with E-state index in [0.717, 1.165) is 29.0 Å². The predicted molar refractivity (Wildman–Crippen MR) is 88.6 cm³/mol. The third-order valence-corrected chi connectivity index (χ3v) is 4.87. The number of amides is 1. The fourth-order valence-electron chi connectivity index (χ4n) is 2.60. The highest BCUT2D eigenvalue weighted by Crippen LogP contribution is 2.23. The summed E-state index contributed by atoms with van der Waals surface area (Å²) in [5, 5.41) is 0. The van der Waals surface area contributed by atoms with Crippen LogP contribution < -0.4 is 0 Å². The van der Waals surface area contributed by atoms with Crippen molar-refractivity contribution >= 4 is 34.5 Å². The monoisotopic (exact) mass is 356 g/mol. The van der Waals surface area contributed by atoms with Crippen molar-refractivity contribution in [3.8, 4) is 0 Å². The van der Waals surface area contributed by atoms with Gasteiger partial charge in [-0.1, -0.05) is 0 Å². The Morgan fingerprint density at radius 1 is 1.45 bits per heavy atom. The zero-order chi connectivity index (χ0) is 14.7. The quantitative estimate of drug-likeness (QED) is 0.841. The van der Waals surface area contributed by atoms with E-state index >= 15 is 0 Å². The summed E-state index contributed by atoms with van der Waals surface area (Å²) in [5.74, 6) is 0.671. The van der Waals surface area contributed by atoms with E-state index in [1.54, 1.807) is 0 Å². The van der Waals surface area contributed by atoms with E-state index in [1.807, 2.05) is 30.1 Å². The maximum absolute atomic E-state index is 12.5. The van der Waals surface area contributed by atoms with Gasteiger partial charge in [0.2, 0.25) is 0 Å². The Balaban J connectivity index is 1.99. The Morgan fingerprint density at radius 3 is 2.75 bits per heavy atom. The molecule has 5 heteroatoms. The number of rotatable bonds is 3. The minimum absolute atomic E-state index is 0.0618. The molecule has 1 fully saturated rings. The van der Waals surface area contributed by atoms with Gasteiger partial charge in [0.1, 0.15) is 0 Å². The van der Waals surface area contributed by atoms with Crippen LogP contribution in [0.15, 0.2) is 27.6 Å². The number of likely N-dealkylation sites (tertiary alicyclic amines) is 1. The van der Waals surface area contributed by atoms with Gasteiger partial charge in [-0.05, 0) is 73.0 Å². The lowest BCUT2D eigenvalue weighted by molar-refractivity contribution is 0.0746. The van der Waals surface area contributed by atoms with Crippen molar-refractivity contribution in [2.75, 3.05) is 33.7 Å². The van der Waals surface area contributed by atoms with Crippen molar-refractivity contribution < 1.29 is 4.79 Å². The Hall–Kier alpha value is -0.520. The first kappa shape index (κ1) is 15.9. The van der Waals surface area contributed by atoms with Crippen LogP contribution in [-0.4, -0.2) is 49.4 Å². The first-order chi connectivity index (χ1) is 9.47. The van der Waals surface area contributed by atoms with Crippen LogP contribution in [0, 0.1) is 5.92 Å². The molecule has 0 bridgehead atoms. The van der Waals surface area contributed by atoms with Crippen molar-refractivity contribution in [1.29, 1.82) is 0 Å². The van der Waals surface area contributed by atoms with E-state index < -0.39 is 0 Å². The minimum Gasteiger partial charge on any atom is -0.341 e. The standard InChI is InChI=1S/C15H21BrN2OS/c1-17-7-5-11(6-8-17)10-18(2)15(19)13-9-12(20)3-4-14(13)16/h3-4,9,11,20H,5-8,10H2,1-2H3. The highest BCUT2D eigenvalue weighted by Gasteiger charge is 2.22. The highest BCUT2D eigenvalue weighted by atomic mass is 79.9. The third kappa shape index (κ3) is 3.99. The Labute approximate surface area is 134 Å². The van der Waals surface area contributed by atoms with Gasteiger partial charge in [0.15, 0.2) is 0 Å². The summed E-state index contributed by atoms with van der Waals surface area (Å²) in [6, 6.07) is 5.57. The average Bonchev–Trinajstić information content (AvgIpc) is 2.43. The number of hydrogen-bond acceptors (Lipinski definition) is 3. The predicted octanol–water partition coefficient (Wildman–Crippen LogP) is 3.15. The summed E-state index contributed by atoms with van der Waals surface area (Å²) in [7, 11) is 4.04. The molecule has 2 rings (SSSR count). The van der Waals surface area contributed by atoms with Gasteiger partial charge in [-0.2, -0.15) is 0 Å². The number of carbonyl (C=O) groups is 1. The van der Waals surface area contributed by atoms with Crippen molar-refractivity contribution in [1.82, 2.24) is 9.80 Å². The van der Waals surface area contributed by atoms with Crippen molar-refractivity contribution in [3.05, 3.63) is 28.2 Å². The van der Waals surface area contributed by atoms with Crippen LogP contribution in [0.1, 0.15) is 23.2 Å². The normalized spacial score (nSPS) is 17.2. The average molecular weight is 357 g/mol. The molecule has 0 unspecified atom stereocenters. The molecule has 0 saturated carbocycles. The van der Waals surface area contributed by atoms with Crippen molar-refractivity contribution in [3.63, 3.8) is 0 Å². The van der Waals surface area contributed by atoms with Crippen molar-refractivity contribution in [2.45, 2.75) is 17.7 Å². The van der Waals surface area contributed by atoms with Gasteiger partial charge in [-0.15, -0.1) is 12.6 Å². The number of nitrogens with zero attached hydrogens (tertiary/aromatic N) is 2. The topological polar surface area (TPSA) is 23.6 Å². The fourth-order valence-corrected chi connectivity index (χ4v) is 3.22. The lowest BCUT2D eigenvalue weighted by Crippen LogP contribution is -2.38. The van der Waals surface area contributed by atoms with Gasteiger partial charge in [-0.25, -0.2) is 0 Å². The Kier molecular flexibility index (Phi) is 5.52. The molecule has 1 saturated heterocycles. The molecule has 1 aromatic rings. The summed E-state index contributed by atoms with van der Waals surface area (Å²) < 4.78 is 0.829. The molecule has 1 aromatic carbocycles. The molecule has 1 aliphatic heterocycles. The number of halogens is 1. The van der Waals surface area contributed by atoms with Crippen molar-refractivity contribution in [2.24, 2.45) is 5.92 Å². The van der Waals surface area contributed by atoms with Crippen LogP contribution in [0.25, 0.3) is 0 Å². The molecule has 110 valence electrons. The maximum atomic E-state index is 12.5. The van der Waals surface area contributed by atoms with Gasteiger partial charge in [0.25, 0.3) is 5.91 Å². The number of thiol groups is 1. The summed E-state index contributed by atoms with van der Waals surface area (Å²) in [6.07, 6.45) is 2.34. The largest absolute Gasteiger partial charge is 0.341 e. The molecule has 0 atom stereocenters. The van der Waals surface area contributed by atoms with Gasteiger partial charge < -0.3 is 9.80 Å². The molecule has 0 aromatic heterocycles. The smallest absolute Gasteiger partial charge is 0.254 e. The Morgan fingerprint density at radius 2 is 2.10 bits per heavy atom. The molecule has 0 N–H and O–H groups in total. The Bertz CT molecular complexity index is 487. The zero-order valence-corrected chi connectivity index (χ0v) is 14.5. The molecule has 0 radical (unpaired) electrons. The van der Waals surface area contributed by atoms with Gasteiger partial charge in [0.05, 0.1) is 5.56 Å². The SMILES string of the molecule is CN1CCC(CN(C)C(=O)c2cc(S)ccc2Br)CC1. The van der Waals surface area contributed by atoms with Crippen LogP contribution in [0.3, 0.4) is 0 Å². The third-order valence-electron chi connectivity index (χ3n) is 3.90. The van der Waals surface area contributed by atoms with E-state index in [-0.39, 0.29) is 5.91 Å². The maximum Gasteiger partial charge on any atom is 0.254 e. The molecule has 1 heterocycles. The second-order valence-corrected chi connectivity index (χ2v) is 6.97. The molecule has 0 aliphatic carbocycles. The molecular formula is C15H21BrN2OS. The fraction of sp³-hybridized carbons (Fsp3) is 0.533. The molecule has 1 amide bonds. The van der Waals surface area contributed by atoms with E-state index in [4.69, 9.17) is 0 Å². The number of benzene rings is 1. The first-order valence-corrected chi connectivity index (χ1v) is 8.14. The molecule has 1 aliphatic rings. The summed E-state index contributed by atoms with van der Waals surface area (Å²) in [4.78, 5) is 17.5. The summed E-state index contributed by atoms with van der Waals surface area (Å²) in [5.41, 5.74) is 0.688. The van der Waals surface area contributed by atoms with E-state index in [0.29, 0.717) is 11.5 Å². The second kappa shape index (κ2) is 6.96. The van der Waals surface area contributed by atoms with Crippen LogP contribution >= 0.6 is 28.6 Å². The zero-order valence-electron chi connectivity index (χ0n) is 12.0. The first-order valence-electron chi connectivity index (χ1n) is 6.90. The number of piperidine rings is 1. The number of hydrogen-bond donors (Lipinski definition) is 1. The summed E-state index contributed by atoms with van der Waals surface area (Å²) >= 11 is 7.75. The number of carbonyl (C=O) groups excluding carboxylic acids is 1. The minimum atomic E-state index is 0.0618. The van der Waals surface area contributed by atoms with Crippen LogP contribution in [0.5, 0.6) is 0 Å². The van der Waals surface area contributed by atoms with Gasteiger partial charge >= 0.3 is 0 Å². The second-order valence-electron chi connectivity index (χ2n) is 5.60. The van der Waals surface area contributed by atoms with Crippen LogP contribution in [0.2, 0.25) is 0 Å². The molecule has 20 heavy (non-hydrogen) atoms. The highest BCUT2D eigenvalue weighted by molar-refractivity contribution is 9.10. The van der Waals surface area contributed by atoms with E-state index in [9.17, 15) is 4.79 Å². The van der Waals surface area contributed by atoms with Crippen LogP contribution in [-0.2, 0) is 0 Å². The lowest BCUT2D eigenvalue weighted by Gasteiger charge is -2.31. The molecule has 3 nitrogen and oxygen atoms in total. The molecular weight excluding hydrogens is 336 g/mol. The van der Waals surface area contributed by atoms with Crippen LogP contribution in [0.4, 0.5) is 0 Å². The van der Waals surface area contributed by atoms with Gasteiger partial charge in [0, 0.05) is 23.0 Å². The molecule has 0 spiro atoms. The van der Waals surface area contributed by atoms with Gasteiger partial charge in [-0.3, -0.25) is 4.79 Å². The van der Waals surface area contributed by atoms with E-state index in [2.05, 4.69) is 40.5 Å². The lowest BCUT2D eigenvalue weighted by atomic mass is 9.96. The van der Waals surface area contributed by atoms with E-state index in [1.165, 1.54) is 12.8 Å².